The average molecular weight is 388 g/mol. The maximum absolute atomic E-state index is 12.8. The molecule has 1 heterocycles. The minimum Gasteiger partial charge on any atom is -0.323 e. The molecular formula is C20H28N4O4. The number of hydrogen-bond donors (Lipinski definition) is 3. The van der Waals surface area contributed by atoms with Crippen molar-refractivity contribution in [1.82, 2.24) is 15.5 Å². The number of anilines is 1. The number of amides is 6. The summed E-state index contributed by atoms with van der Waals surface area (Å²) in [6.45, 7) is 7.15. The Morgan fingerprint density at radius 2 is 1.75 bits per heavy atom. The molecular weight excluding hydrogens is 360 g/mol. The third kappa shape index (κ3) is 4.49. The van der Waals surface area contributed by atoms with Crippen molar-refractivity contribution in [1.29, 1.82) is 0 Å². The minimum absolute atomic E-state index is 0.411. The van der Waals surface area contributed by atoms with E-state index in [1.807, 2.05) is 33.8 Å². The highest BCUT2D eigenvalue weighted by atomic mass is 16.2. The molecule has 2 rings (SSSR count). The van der Waals surface area contributed by atoms with Crippen LogP contribution in [0.1, 0.15) is 50.7 Å². The van der Waals surface area contributed by atoms with Gasteiger partial charge in [0.1, 0.15) is 12.1 Å². The lowest BCUT2D eigenvalue weighted by atomic mass is 9.88. The number of aryl methyl sites for hydroxylation is 1. The second-order valence-corrected chi connectivity index (χ2v) is 7.15. The lowest BCUT2D eigenvalue weighted by molar-refractivity contribution is -0.135. The summed E-state index contributed by atoms with van der Waals surface area (Å²) in [7, 11) is 0. The highest BCUT2D eigenvalue weighted by Gasteiger charge is 2.50. The van der Waals surface area contributed by atoms with Crippen molar-refractivity contribution in [3.8, 4) is 0 Å². The summed E-state index contributed by atoms with van der Waals surface area (Å²) in [6, 6.07) is 4.14. The Bertz CT molecular complexity index is 784. The number of nitrogens with zero attached hydrogens (tertiary/aromatic N) is 1. The first-order valence-electron chi connectivity index (χ1n) is 9.55. The van der Waals surface area contributed by atoms with Crippen LogP contribution in [0, 0.1) is 13.8 Å². The fourth-order valence-corrected chi connectivity index (χ4v) is 3.49. The summed E-state index contributed by atoms with van der Waals surface area (Å²) in [5.41, 5.74) is 1.53. The first-order chi connectivity index (χ1) is 13.2. The van der Waals surface area contributed by atoms with Crippen molar-refractivity contribution in [2.45, 2.75) is 58.9 Å². The summed E-state index contributed by atoms with van der Waals surface area (Å²) in [4.78, 5) is 50.2. The van der Waals surface area contributed by atoms with Crippen LogP contribution >= 0.6 is 0 Å². The molecule has 1 aliphatic rings. The molecule has 0 radical (unpaired) electrons. The Hall–Kier alpha value is -2.90. The quantitative estimate of drug-likeness (QED) is 0.624. The highest BCUT2D eigenvalue weighted by Crippen LogP contribution is 2.27. The van der Waals surface area contributed by atoms with Gasteiger partial charge in [-0.15, -0.1) is 0 Å². The van der Waals surface area contributed by atoms with Crippen molar-refractivity contribution in [2.24, 2.45) is 0 Å². The zero-order chi connectivity index (χ0) is 20.9. The van der Waals surface area contributed by atoms with E-state index >= 15 is 0 Å². The van der Waals surface area contributed by atoms with Crippen LogP contribution in [0.15, 0.2) is 18.2 Å². The summed E-state index contributed by atoms with van der Waals surface area (Å²) < 4.78 is 0. The summed E-state index contributed by atoms with van der Waals surface area (Å²) in [5.74, 6) is -1.14. The summed E-state index contributed by atoms with van der Waals surface area (Å²) in [6.07, 6.45) is 2.47. The fourth-order valence-electron chi connectivity index (χ4n) is 3.49. The van der Waals surface area contributed by atoms with Gasteiger partial charge >= 0.3 is 12.1 Å². The molecule has 0 spiro atoms. The normalized spacial score (nSPS) is 15.4. The number of carbonyl (C=O) groups is 4. The molecule has 1 aromatic carbocycles. The Labute approximate surface area is 165 Å². The number of carbonyl (C=O) groups excluding carboxylic acids is 4. The van der Waals surface area contributed by atoms with Crippen LogP contribution in [-0.2, 0) is 9.59 Å². The monoisotopic (exact) mass is 388 g/mol. The van der Waals surface area contributed by atoms with E-state index in [4.69, 9.17) is 0 Å². The smallest absolute Gasteiger partial charge is 0.323 e. The maximum atomic E-state index is 12.8. The van der Waals surface area contributed by atoms with Gasteiger partial charge in [0.2, 0.25) is 5.91 Å². The Balaban J connectivity index is 2.00. The second-order valence-electron chi connectivity index (χ2n) is 7.15. The lowest BCUT2D eigenvalue weighted by Crippen LogP contribution is -2.48. The molecule has 1 aliphatic heterocycles. The van der Waals surface area contributed by atoms with Crippen molar-refractivity contribution in [3.63, 3.8) is 0 Å². The van der Waals surface area contributed by atoms with Gasteiger partial charge in [0.25, 0.3) is 5.91 Å². The van der Waals surface area contributed by atoms with E-state index in [1.165, 1.54) is 0 Å². The molecule has 0 aliphatic carbocycles. The van der Waals surface area contributed by atoms with Crippen molar-refractivity contribution < 1.29 is 19.2 Å². The molecule has 1 aromatic rings. The standard InChI is InChI=1S/C20H28N4O4/c1-5-10-20(11-6-2)17(26)24(19(28)23-20)12-16(25)22-18(27)21-15-9-7-8-13(3)14(15)4/h7-9H,5-6,10-12H2,1-4H3,(H,23,28)(H2,21,22,25,27). The van der Waals surface area contributed by atoms with Crippen LogP contribution in [0.5, 0.6) is 0 Å². The van der Waals surface area contributed by atoms with Gasteiger partial charge in [-0.1, -0.05) is 38.8 Å². The lowest BCUT2D eigenvalue weighted by Gasteiger charge is -2.25. The van der Waals surface area contributed by atoms with Gasteiger partial charge in [-0.2, -0.15) is 0 Å². The van der Waals surface area contributed by atoms with E-state index in [1.54, 1.807) is 12.1 Å². The summed E-state index contributed by atoms with van der Waals surface area (Å²) in [5, 5.41) is 7.52. The van der Waals surface area contributed by atoms with E-state index in [0.717, 1.165) is 28.9 Å². The van der Waals surface area contributed by atoms with Crippen LogP contribution < -0.4 is 16.0 Å². The molecule has 6 amide bonds. The highest BCUT2D eigenvalue weighted by molar-refractivity contribution is 6.10. The first kappa shape index (κ1) is 21.4. The van der Waals surface area contributed by atoms with Crippen LogP contribution in [0.2, 0.25) is 0 Å². The van der Waals surface area contributed by atoms with Crippen molar-refractivity contribution in [2.75, 3.05) is 11.9 Å². The Kier molecular flexibility index (Phi) is 6.77. The molecule has 0 unspecified atom stereocenters. The van der Waals surface area contributed by atoms with Gasteiger partial charge in [-0.05, 0) is 43.9 Å². The van der Waals surface area contributed by atoms with Crippen molar-refractivity contribution in [3.05, 3.63) is 29.3 Å². The third-order valence-corrected chi connectivity index (χ3v) is 5.01. The van der Waals surface area contributed by atoms with Gasteiger partial charge < -0.3 is 10.6 Å². The largest absolute Gasteiger partial charge is 0.325 e. The first-order valence-corrected chi connectivity index (χ1v) is 9.55. The molecule has 0 saturated carbocycles. The number of urea groups is 2. The molecule has 8 nitrogen and oxygen atoms in total. The molecule has 0 atom stereocenters. The second kappa shape index (κ2) is 8.86. The van der Waals surface area contributed by atoms with Crippen LogP contribution in [-0.4, -0.2) is 40.9 Å². The minimum atomic E-state index is -0.957. The van der Waals surface area contributed by atoms with E-state index < -0.39 is 36.0 Å². The molecule has 1 saturated heterocycles. The number of imide groups is 2. The Morgan fingerprint density at radius 3 is 2.36 bits per heavy atom. The molecule has 8 heteroatoms. The van der Waals surface area contributed by atoms with Gasteiger partial charge in [0.05, 0.1) is 0 Å². The van der Waals surface area contributed by atoms with E-state index in [9.17, 15) is 19.2 Å². The molecule has 28 heavy (non-hydrogen) atoms. The topological polar surface area (TPSA) is 108 Å². The molecule has 152 valence electrons. The molecule has 1 fully saturated rings. The average Bonchev–Trinajstić information content (AvgIpc) is 2.84. The molecule has 0 aromatic heterocycles. The zero-order valence-electron chi connectivity index (χ0n) is 16.8. The van der Waals surface area contributed by atoms with Gasteiger partial charge in [-0.3, -0.25) is 19.8 Å². The van der Waals surface area contributed by atoms with E-state index in [0.29, 0.717) is 18.5 Å². The van der Waals surface area contributed by atoms with Crippen LogP contribution in [0.4, 0.5) is 15.3 Å². The number of benzene rings is 1. The van der Waals surface area contributed by atoms with E-state index in [2.05, 4.69) is 16.0 Å². The van der Waals surface area contributed by atoms with Crippen LogP contribution in [0.3, 0.4) is 0 Å². The predicted molar refractivity (Wildman–Crippen MR) is 106 cm³/mol. The summed E-state index contributed by atoms with van der Waals surface area (Å²) >= 11 is 0. The molecule has 3 N–H and O–H groups in total. The SMILES string of the molecule is CCCC1(CCC)NC(=O)N(CC(=O)NC(=O)Nc2cccc(C)c2C)C1=O. The molecule has 0 bridgehead atoms. The fraction of sp³-hybridized carbons (Fsp3) is 0.500. The number of nitrogens with one attached hydrogen (secondary N) is 3. The zero-order valence-corrected chi connectivity index (χ0v) is 16.8. The number of rotatable bonds is 7. The van der Waals surface area contributed by atoms with Gasteiger partial charge in [0, 0.05) is 5.69 Å². The van der Waals surface area contributed by atoms with E-state index in [-0.39, 0.29) is 0 Å². The van der Waals surface area contributed by atoms with Crippen LogP contribution in [0.25, 0.3) is 0 Å². The Morgan fingerprint density at radius 1 is 1.11 bits per heavy atom. The predicted octanol–water partition coefficient (Wildman–Crippen LogP) is 2.84. The van der Waals surface area contributed by atoms with Crippen molar-refractivity contribution >= 4 is 29.6 Å². The maximum Gasteiger partial charge on any atom is 0.325 e. The van der Waals surface area contributed by atoms with Gasteiger partial charge in [-0.25, -0.2) is 9.59 Å². The third-order valence-electron chi connectivity index (χ3n) is 5.01. The van der Waals surface area contributed by atoms with Gasteiger partial charge in [0.15, 0.2) is 0 Å². The number of hydrogen-bond acceptors (Lipinski definition) is 4.